The highest BCUT2D eigenvalue weighted by Gasteiger charge is 2.23. The van der Waals surface area contributed by atoms with Gasteiger partial charge in [0.2, 0.25) is 5.91 Å². The third-order valence-electron chi connectivity index (χ3n) is 2.51. The fraction of sp³-hybridized carbons (Fsp3) is 0.800. The maximum Gasteiger partial charge on any atom is 0.224 e. The Kier molecular flexibility index (Phi) is 4.07. The molecular weight excluding hydrogens is 180 g/mol. The standard InChI is InChI=1S/C10H18N2O2/c1-8(13)6-11-10(14)9-4-3-5-12(2)7-9/h9H,3-7H2,1-2H3,(H,11,14)/t9-/m1/s1. The SMILES string of the molecule is CC(=O)CNC(=O)[C@@H]1CCCN(C)C1. The number of nitrogens with zero attached hydrogens (tertiary/aromatic N) is 1. The lowest BCUT2D eigenvalue weighted by Crippen LogP contribution is -2.42. The Morgan fingerprint density at radius 2 is 2.21 bits per heavy atom. The molecule has 1 rings (SSSR count). The Morgan fingerprint density at radius 1 is 1.50 bits per heavy atom. The Balaban J connectivity index is 2.32. The molecule has 0 aliphatic carbocycles. The van der Waals surface area contributed by atoms with Gasteiger partial charge in [0, 0.05) is 6.54 Å². The summed E-state index contributed by atoms with van der Waals surface area (Å²) in [5.41, 5.74) is 0. The predicted molar refractivity (Wildman–Crippen MR) is 53.9 cm³/mol. The zero-order chi connectivity index (χ0) is 10.6. The van der Waals surface area contributed by atoms with Gasteiger partial charge in [0.05, 0.1) is 12.5 Å². The molecule has 1 amide bonds. The Hall–Kier alpha value is -0.900. The highest BCUT2D eigenvalue weighted by molar-refractivity contribution is 5.85. The summed E-state index contributed by atoms with van der Waals surface area (Å²) in [4.78, 5) is 24.4. The van der Waals surface area contributed by atoms with E-state index in [0.717, 1.165) is 25.9 Å². The van der Waals surface area contributed by atoms with Crippen LogP contribution in [-0.2, 0) is 9.59 Å². The number of carbonyl (C=O) groups is 2. The quantitative estimate of drug-likeness (QED) is 0.696. The van der Waals surface area contributed by atoms with Crippen molar-refractivity contribution in [3.63, 3.8) is 0 Å². The second-order valence-electron chi connectivity index (χ2n) is 4.02. The number of Topliss-reactive ketones (excluding diaryl/α,β-unsaturated/α-hetero) is 1. The summed E-state index contributed by atoms with van der Waals surface area (Å²) in [5, 5.41) is 2.66. The number of likely N-dealkylation sites (tertiary alicyclic amines) is 1. The van der Waals surface area contributed by atoms with Gasteiger partial charge >= 0.3 is 0 Å². The van der Waals surface area contributed by atoms with Crippen molar-refractivity contribution in [2.75, 3.05) is 26.7 Å². The van der Waals surface area contributed by atoms with E-state index in [0.29, 0.717) is 0 Å². The molecular formula is C10H18N2O2. The van der Waals surface area contributed by atoms with E-state index in [9.17, 15) is 9.59 Å². The zero-order valence-corrected chi connectivity index (χ0v) is 8.88. The molecule has 80 valence electrons. The molecule has 0 unspecified atom stereocenters. The molecule has 4 nitrogen and oxygen atoms in total. The first-order valence-electron chi connectivity index (χ1n) is 5.05. The van der Waals surface area contributed by atoms with Gasteiger partial charge < -0.3 is 10.2 Å². The number of hydrogen-bond acceptors (Lipinski definition) is 3. The van der Waals surface area contributed by atoms with E-state index in [4.69, 9.17) is 0 Å². The first-order valence-corrected chi connectivity index (χ1v) is 5.05. The largest absolute Gasteiger partial charge is 0.349 e. The first kappa shape index (κ1) is 11.2. The van der Waals surface area contributed by atoms with E-state index in [2.05, 4.69) is 10.2 Å². The van der Waals surface area contributed by atoms with Crippen LogP contribution in [0.15, 0.2) is 0 Å². The zero-order valence-electron chi connectivity index (χ0n) is 8.88. The molecule has 1 aliphatic rings. The third kappa shape index (κ3) is 3.46. The summed E-state index contributed by atoms with van der Waals surface area (Å²) in [6, 6.07) is 0. The monoisotopic (exact) mass is 198 g/mol. The van der Waals surface area contributed by atoms with Crippen LogP contribution in [0.4, 0.5) is 0 Å². The molecule has 0 spiro atoms. The van der Waals surface area contributed by atoms with Crippen LogP contribution < -0.4 is 5.32 Å². The summed E-state index contributed by atoms with van der Waals surface area (Å²) in [6.45, 7) is 3.52. The number of ketones is 1. The van der Waals surface area contributed by atoms with Gasteiger partial charge in [-0.25, -0.2) is 0 Å². The van der Waals surface area contributed by atoms with Crippen LogP contribution in [0.2, 0.25) is 0 Å². The van der Waals surface area contributed by atoms with Crippen LogP contribution in [-0.4, -0.2) is 43.3 Å². The van der Waals surface area contributed by atoms with Gasteiger partial charge in [-0.3, -0.25) is 9.59 Å². The number of nitrogens with one attached hydrogen (secondary N) is 1. The molecule has 0 bridgehead atoms. The van der Waals surface area contributed by atoms with Crippen molar-refractivity contribution in [2.45, 2.75) is 19.8 Å². The van der Waals surface area contributed by atoms with Crippen molar-refractivity contribution in [1.82, 2.24) is 10.2 Å². The minimum atomic E-state index is 0.00233. The third-order valence-corrected chi connectivity index (χ3v) is 2.51. The van der Waals surface area contributed by atoms with Crippen LogP contribution in [0.25, 0.3) is 0 Å². The lowest BCUT2D eigenvalue weighted by atomic mass is 9.97. The molecule has 0 saturated carbocycles. The summed E-state index contributed by atoms with van der Waals surface area (Å²) in [6.07, 6.45) is 2.00. The number of carbonyl (C=O) groups excluding carboxylic acids is 2. The molecule has 1 aliphatic heterocycles. The second-order valence-corrected chi connectivity index (χ2v) is 4.02. The van der Waals surface area contributed by atoms with Crippen molar-refractivity contribution in [2.24, 2.45) is 5.92 Å². The van der Waals surface area contributed by atoms with E-state index >= 15 is 0 Å². The molecule has 1 fully saturated rings. The lowest BCUT2D eigenvalue weighted by molar-refractivity contribution is -0.128. The number of hydrogen-bond donors (Lipinski definition) is 1. The highest BCUT2D eigenvalue weighted by atomic mass is 16.2. The average molecular weight is 198 g/mol. The van der Waals surface area contributed by atoms with Gasteiger partial charge in [-0.15, -0.1) is 0 Å². The minimum absolute atomic E-state index is 0.00233. The Labute approximate surface area is 84.7 Å². The fourth-order valence-corrected chi connectivity index (χ4v) is 1.74. The van der Waals surface area contributed by atoms with Crippen molar-refractivity contribution >= 4 is 11.7 Å². The maximum atomic E-state index is 11.6. The van der Waals surface area contributed by atoms with Gasteiger partial charge in [-0.2, -0.15) is 0 Å². The molecule has 0 aromatic heterocycles. The summed E-state index contributed by atoms with van der Waals surface area (Å²) in [5.74, 6) is 0.0855. The summed E-state index contributed by atoms with van der Waals surface area (Å²) >= 11 is 0. The maximum absolute atomic E-state index is 11.6. The van der Waals surface area contributed by atoms with Gasteiger partial charge in [0.1, 0.15) is 5.78 Å². The Morgan fingerprint density at radius 3 is 2.79 bits per heavy atom. The van der Waals surface area contributed by atoms with E-state index in [1.54, 1.807) is 0 Å². The van der Waals surface area contributed by atoms with Crippen LogP contribution in [0.1, 0.15) is 19.8 Å². The second kappa shape index (κ2) is 5.10. The average Bonchev–Trinajstić information content (AvgIpc) is 2.14. The van der Waals surface area contributed by atoms with Crippen molar-refractivity contribution < 1.29 is 9.59 Å². The van der Waals surface area contributed by atoms with Crippen LogP contribution in [0, 0.1) is 5.92 Å². The van der Waals surface area contributed by atoms with E-state index in [1.165, 1.54) is 6.92 Å². The highest BCUT2D eigenvalue weighted by Crippen LogP contribution is 2.14. The molecule has 4 heteroatoms. The van der Waals surface area contributed by atoms with E-state index in [-0.39, 0.29) is 24.2 Å². The van der Waals surface area contributed by atoms with Crippen LogP contribution in [0.5, 0.6) is 0 Å². The lowest BCUT2D eigenvalue weighted by Gasteiger charge is -2.28. The topological polar surface area (TPSA) is 49.4 Å². The Bertz CT molecular complexity index is 228. The fourth-order valence-electron chi connectivity index (χ4n) is 1.74. The van der Waals surface area contributed by atoms with Crippen molar-refractivity contribution in [1.29, 1.82) is 0 Å². The molecule has 0 radical (unpaired) electrons. The summed E-state index contributed by atoms with van der Waals surface area (Å²) in [7, 11) is 2.02. The van der Waals surface area contributed by atoms with Gasteiger partial charge in [-0.05, 0) is 33.4 Å². The van der Waals surface area contributed by atoms with Crippen LogP contribution in [0.3, 0.4) is 0 Å². The molecule has 1 heterocycles. The van der Waals surface area contributed by atoms with Crippen LogP contribution >= 0.6 is 0 Å². The normalized spacial score (nSPS) is 23.1. The molecule has 14 heavy (non-hydrogen) atoms. The molecule has 1 atom stereocenters. The van der Waals surface area contributed by atoms with Gasteiger partial charge in [0.25, 0.3) is 0 Å². The molecule has 0 aromatic rings. The van der Waals surface area contributed by atoms with Gasteiger partial charge in [-0.1, -0.05) is 0 Å². The number of amides is 1. The smallest absolute Gasteiger partial charge is 0.224 e. The van der Waals surface area contributed by atoms with E-state index < -0.39 is 0 Å². The van der Waals surface area contributed by atoms with Crippen molar-refractivity contribution in [3.8, 4) is 0 Å². The minimum Gasteiger partial charge on any atom is -0.349 e. The molecule has 1 N–H and O–H groups in total. The van der Waals surface area contributed by atoms with Gasteiger partial charge in [0.15, 0.2) is 0 Å². The van der Waals surface area contributed by atoms with Crippen molar-refractivity contribution in [3.05, 3.63) is 0 Å². The first-order chi connectivity index (χ1) is 6.59. The van der Waals surface area contributed by atoms with E-state index in [1.807, 2.05) is 7.05 Å². The predicted octanol–water partition coefficient (Wildman–Crippen LogP) is 0.0334. The number of rotatable bonds is 3. The summed E-state index contributed by atoms with van der Waals surface area (Å²) < 4.78 is 0. The number of piperidine rings is 1. The molecule has 0 aromatic carbocycles. The molecule has 1 saturated heterocycles.